The molecule has 0 saturated heterocycles. The minimum Gasteiger partial charge on any atom is -0.312 e. The SMILES string of the molecule is CCC(=O)N(CCCNS(=O)(=O)c1ccc(Cl)c([N+](=O)[O-])c1)c1cccc(C(F)(F)F)c1. The van der Waals surface area contributed by atoms with Gasteiger partial charge in [0.05, 0.1) is 15.4 Å². The molecule has 2 rings (SSSR count). The maximum absolute atomic E-state index is 13.0. The summed E-state index contributed by atoms with van der Waals surface area (Å²) in [4.78, 5) is 23.2. The van der Waals surface area contributed by atoms with E-state index in [1.165, 1.54) is 12.1 Å². The van der Waals surface area contributed by atoms with Gasteiger partial charge in [-0.3, -0.25) is 14.9 Å². The van der Waals surface area contributed by atoms with Crippen LogP contribution >= 0.6 is 11.6 Å². The molecule has 0 atom stereocenters. The topological polar surface area (TPSA) is 110 Å². The van der Waals surface area contributed by atoms with Crippen LogP contribution in [0.3, 0.4) is 0 Å². The van der Waals surface area contributed by atoms with Gasteiger partial charge >= 0.3 is 6.18 Å². The number of amides is 1. The van der Waals surface area contributed by atoms with Gasteiger partial charge in [0.25, 0.3) is 5.69 Å². The van der Waals surface area contributed by atoms with Crippen LogP contribution < -0.4 is 9.62 Å². The molecule has 1 amide bonds. The van der Waals surface area contributed by atoms with Gasteiger partial charge < -0.3 is 4.90 Å². The fourth-order valence-corrected chi connectivity index (χ4v) is 4.05. The number of carbonyl (C=O) groups is 1. The predicted molar refractivity (Wildman–Crippen MR) is 112 cm³/mol. The fraction of sp³-hybridized carbons (Fsp3) is 0.316. The summed E-state index contributed by atoms with van der Waals surface area (Å²) < 4.78 is 66.0. The Bertz CT molecular complexity index is 1110. The Labute approximate surface area is 187 Å². The molecule has 1 N–H and O–H groups in total. The van der Waals surface area contributed by atoms with Crippen LogP contribution in [0.15, 0.2) is 47.4 Å². The van der Waals surface area contributed by atoms with Crippen molar-refractivity contribution in [2.75, 3.05) is 18.0 Å². The molecule has 0 aliphatic carbocycles. The molecular formula is C19H19ClF3N3O5S. The van der Waals surface area contributed by atoms with Gasteiger partial charge in [-0.15, -0.1) is 0 Å². The average molecular weight is 494 g/mol. The zero-order chi connectivity index (χ0) is 24.1. The van der Waals surface area contributed by atoms with E-state index in [-0.39, 0.29) is 41.5 Å². The van der Waals surface area contributed by atoms with Crippen molar-refractivity contribution in [2.24, 2.45) is 0 Å². The molecule has 0 bridgehead atoms. The second-order valence-corrected chi connectivity index (χ2v) is 8.74. The Hall–Kier alpha value is -2.70. The minimum absolute atomic E-state index is 0.0381. The minimum atomic E-state index is -4.58. The van der Waals surface area contributed by atoms with Crippen LogP contribution in [0.5, 0.6) is 0 Å². The number of hydrogen-bond acceptors (Lipinski definition) is 5. The Morgan fingerprint density at radius 1 is 1.22 bits per heavy atom. The normalized spacial score (nSPS) is 11.9. The lowest BCUT2D eigenvalue weighted by Gasteiger charge is -2.23. The molecule has 8 nitrogen and oxygen atoms in total. The van der Waals surface area contributed by atoms with E-state index in [4.69, 9.17) is 11.6 Å². The number of nitro benzene ring substituents is 1. The van der Waals surface area contributed by atoms with E-state index in [1.807, 2.05) is 0 Å². The predicted octanol–water partition coefficient (Wildman–Crippen LogP) is 4.38. The zero-order valence-corrected chi connectivity index (χ0v) is 18.3. The van der Waals surface area contributed by atoms with E-state index in [0.29, 0.717) is 0 Å². The van der Waals surface area contributed by atoms with Gasteiger partial charge in [0.15, 0.2) is 0 Å². The van der Waals surface area contributed by atoms with Crippen LogP contribution in [-0.4, -0.2) is 32.3 Å². The molecule has 0 radical (unpaired) electrons. The molecule has 32 heavy (non-hydrogen) atoms. The number of halogens is 4. The molecule has 13 heteroatoms. The maximum atomic E-state index is 13.0. The van der Waals surface area contributed by atoms with E-state index < -0.39 is 38.3 Å². The fourth-order valence-electron chi connectivity index (χ4n) is 2.77. The summed E-state index contributed by atoms with van der Waals surface area (Å²) in [5.74, 6) is -0.430. The highest BCUT2D eigenvalue weighted by molar-refractivity contribution is 7.89. The largest absolute Gasteiger partial charge is 0.416 e. The first-order chi connectivity index (χ1) is 14.9. The van der Waals surface area contributed by atoms with Crippen molar-refractivity contribution in [3.63, 3.8) is 0 Å². The third kappa shape index (κ3) is 6.40. The van der Waals surface area contributed by atoms with Gasteiger partial charge in [0.2, 0.25) is 15.9 Å². The van der Waals surface area contributed by atoms with Crippen LogP contribution in [0, 0.1) is 10.1 Å². The third-order valence-electron chi connectivity index (χ3n) is 4.36. The summed E-state index contributed by atoms with van der Waals surface area (Å²) in [6.45, 7) is 1.35. The van der Waals surface area contributed by atoms with Crippen molar-refractivity contribution in [2.45, 2.75) is 30.8 Å². The second-order valence-electron chi connectivity index (χ2n) is 6.57. The Kier molecular flexibility index (Phi) is 8.21. The van der Waals surface area contributed by atoms with Crippen LogP contribution in [0.2, 0.25) is 5.02 Å². The van der Waals surface area contributed by atoms with Crippen LogP contribution in [-0.2, 0) is 21.0 Å². The summed E-state index contributed by atoms with van der Waals surface area (Å²) in [7, 11) is -4.11. The van der Waals surface area contributed by atoms with E-state index in [0.717, 1.165) is 35.2 Å². The van der Waals surface area contributed by atoms with E-state index in [2.05, 4.69) is 4.72 Å². The molecule has 0 aliphatic rings. The zero-order valence-electron chi connectivity index (χ0n) is 16.7. The first-order valence-corrected chi connectivity index (χ1v) is 11.1. The number of nitro groups is 1. The molecule has 0 unspecified atom stereocenters. The smallest absolute Gasteiger partial charge is 0.312 e. The quantitative estimate of drug-likeness (QED) is 0.317. The molecule has 0 spiro atoms. The van der Waals surface area contributed by atoms with Crippen LogP contribution in [0.4, 0.5) is 24.5 Å². The van der Waals surface area contributed by atoms with Gasteiger partial charge in [-0.2, -0.15) is 13.2 Å². The van der Waals surface area contributed by atoms with Gasteiger partial charge in [-0.25, -0.2) is 13.1 Å². The number of sulfonamides is 1. The first-order valence-electron chi connectivity index (χ1n) is 9.28. The van der Waals surface area contributed by atoms with Gasteiger partial charge in [0.1, 0.15) is 5.02 Å². The summed E-state index contributed by atoms with van der Waals surface area (Å²) in [6, 6.07) is 7.29. The van der Waals surface area contributed by atoms with Crippen molar-refractivity contribution >= 4 is 38.9 Å². The van der Waals surface area contributed by atoms with E-state index in [9.17, 15) is 36.5 Å². The number of anilines is 1. The highest BCUT2D eigenvalue weighted by atomic mass is 35.5. The molecule has 0 aromatic heterocycles. The lowest BCUT2D eigenvalue weighted by molar-refractivity contribution is -0.384. The number of benzene rings is 2. The average Bonchev–Trinajstić information content (AvgIpc) is 2.72. The van der Waals surface area contributed by atoms with Crippen LogP contribution in [0.1, 0.15) is 25.3 Å². The summed E-state index contributed by atoms with van der Waals surface area (Å²) in [5, 5.41) is 10.7. The molecule has 0 fully saturated rings. The monoisotopic (exact) mass is 493 g/mol. The highest BCUT2D eigenvalue weighted by Gasteiger charge is 2.31. The molecular weight excluding hydrogens is 475 g/mol. The Balaban J connectivity index is 2.10. The molecule has 0 aliphatic heterocycles. The second kappa shape index (κ2) is 10.3. The van der Waals surface area contributed by atoms with Gasteiger partial charge in [0, 0.05) is 31.3 Å². The van der Waals surface area contributed by atoms with Crippen molar-refractivity contribution in [1.82, 2.24) is 4.72 Å². The molecule has 0 heterocycles. The van der Waals surface area contributed by atoms with Gasteiger partial charge in [-0.05, 0) is 36.8 Å². The molecule has 174 valence electrons. The number of carbonyl (C=O) groups excluding carboxylic acids is 1. The first kappa shape index (κ1) is 25.6. The number of nitrogens with zero attached hydrogens (tertiary/aromatic N) is 2. The number of rotatable bonds is 9. The maximum Gasteiger partial charge on any atom is 0.416 e. The molecule has 2 aromatic carbocycles. The number of alkyl halides is 3. The lowest BCUT2D eigenvalue weighted by atomic mass is 10.1. The van der Waals surface area contributed by atoms with E-state index in [1.54, 1.807) is 6.92 Å². The van der Waals surface area contributed by atoms with Crippen molar-refractivity contribution in [3.8, 4) is 0 Å². The van der Waals surface area contributed by atoms with E-state index >= 15 is 0 Å². The summed E-state index contributed by atoms with van der Waals surface area (Å²) in [6.07, 6.45) is -4.46. The van der Waals surface area contributed by atoms with Crippen molar-refractivity contribution in [1.29, 1.82) is 0 Å². The van der Waals surface area contributed by atoms with Gasteiger partial charge in [-0.1, -0.05) is 24.6 Å². The Morgan fingerprint density at radius 3 is 2.50 bits per heavy atom. The molecule has 0 saturated carbocycles. The summed E-state index contributed by atoms with van der Waals surface area (Å²) in [5.41, 5.74) is -1.43. The standard InChI is InChI=1S/C19H19ClF3N3O5S/c1-2-18(27)25(14-6-3-5-13(11-14)19(21,22)23)10-4-9-24-32(30,31)15-7-8-16(20)17(12-15)26(28)29/h3,5-8,11-12,24H,2,4,9-10H2,1H3. The lowest BCUT2D eigenvalue weighted by Crippen LogP contribution is -2.34. The Morgan fingerprint density at radius 2 is 1.91 bits per heavy atom. The number of hydrogen-bond donors (Lipinski definition) is 1. The number of nitrogens with one attached hydrogen (secondary N) is 1. The molecule has 2 aromatic rings. The highest BCUT2D eigenvalue weighted by Crippen LogP contribution is 2.32. The van der Waals surface area contributed by atoms with Crippen LogP contribution in [0.25, 0.3) is 0 Å². The third-order valence-corrected chi connectivity index (χ3v) is 6.14. The van der Waals surface area contributed by atoms with Crippen molar-refractivity contribution in [3.05, 3.63) is 63.2 Å². The van der Waals surface area contributed by atoms with Crippen molar-refractivity contribution < 1.29 is 31.3 Å². The summed E-state index contributed by atoms with van der Waals surface area (Å²) >= 11 is 5.68.